The van der Waals surface area contributed by atoms with Crippen molar-refractivity contribution in [1.82, 2.24) is 5.32 Å². The minimum atomic E-state index is -0.947. The number of aliphatic carboxylic acids is 1. The molecule has 0 fully saturated rings. The van der Waals surface area contributed by atoms with E-state index >= 15 is 0 Å². The molecule has 2 N–H and O–H groups in total. The maximum absolute atomic E-state index is 10.8. The molecule has 0 aliphatic heterocycles. The Bertz CT molecular complexity index is 279. The highest BCUT2D eigenvalue weighted by Crippen LogP contribution is 1.95. The summed E-state index contributed by atoms with van der Waals surface area (Å²) in [7, 11) is 0. The number of carboxylic acids is 1. The zero-order chi connectivity index (χ0) is 11.5. The van der Waals surface area contributed by atoms with Crippen LogP contribution in [-0.2, 0) is 9.59 Å². The zero-order valence-electron chi connectivity index (χ0n) is 8.40. The van der Waals surface area contributed by atoms with Crippen molar-refractivity contribution in [1.29, 1.82) is 5.26 Å². The van der Waals surface area contributed by atoms with E-state index in [9.17, 15) is 9.59 Å². The number of amides is 1. The molecule has 0 aromatic carbocycles. The summed E-state index contributed by atoms with van der Waals surface area (Å²) in [4.78, 5) is 20.9. The second-order valence-corrected chi connectivity index (χ2v) is 2.92. The van der Waals surface area contributed by atoms with Crippen LogP contribution in [0.2, 0.25) is 0 Å². The van der Waals surface area contributed by atoms with Gasteiger partial charge >= 0.3 is 5.97 Å². The van der Waals surface area contributed by atoms with Crippen molar-refractivity contribution in [3.05, 3.63) is 12.2 Å². The molecule has 0 aromatic rings. The maximum atomic E-state index is 10.8. The molecular weight excluding hydrogens is 196 g/mol. The van der Waals surface area contributed by atoms with Crippen LogP contribution < -0.4 is 5.32 Å². The fourth-order valence-electron chi connectivity index (χ4n) is 0.933. The average Bonchev–Trinajstić information content (AvgIpc) is 2.16. The van der Waals surface area contributed by atoms with Gasteiger partial charge in [0.2, 0.25) is 5.91 Å². The predicted molar refractivity (Wildman–Crippen MR) is 53.9 cm³/mol. The van der Waals surface area contributed by atoms with Gasteiger partial charge < -0.3 is 10.4 Å². The Kier molecular flexibility index (Phi) is 7.69. The van der Waals surface area contributed by atoms with Crippen LogP contribution in [0.3, 0.4) is 0 Å². The second kappa shape index (κ2) is 8.75. The largest absolute Gasteiger partial charge is 0.478 e. The number of carbonyl (C=O) groups excluding carboxylic acids is 1. The number of allylic oxidation sites excluding steroid dienone is 1. The van der Waals surface area contributed by atoms with E-state index in [1.165, 1.54) is 0 Å². The number of unbranched alkanes of at least 4 members (excludes halogenated alkanes) is 2. The number of carbonyl (C=O) groups is 2. The summed E-state index contributed by atoms with van der Waals surface area (Å²) in [5.74, 6) is -1.21. The van der Waals surface area contributed by atoms with Crippen LogP contribution in [0, 0.1) is 11.3 Å². The molecule has 0 unspecified atom stereocenters. The van der Waals surface area contributed by atoms with Gasteiger partial charge in [0.15, 0.2) is 0 Å². The first-order valence-corrected chi connectivity index (χ1v) is 4.70. The highest BCUT2D eigenvalue weighted by Gasteiger charge is 1.97. The van der Waals surface area contributed by atoms with E-state index in [1.807, 2.05) is 0 Å². The molecule has 0 radical (unpaired) electrons. The van der Waals surface area contributed by atoms with Crippen LogP contribution in [0.25, 0.3) is 0 Å². The Hall–Kier alpha value is -1.83. The van der Waals surface area contributed by atoms with Gasteiger partial charge in [-0.05, 0) is 19.3 Å². The van der Waals surface area contributed by atoms with Gasteiger partial charge in [0.25, 0.3) is 0 Å². The smallest absolute Gasteiger partial charge is 0.327 e. The lowest BCUT2D eigenvalue weighted by Crippen LogP contribution is -2.23. The minimum absolute atomic E-state index is 0.112. The number of nitriles is 1. The Morgan fingerprint density at radius 3 is 2.73 bits per heavy atom. The summed E-state index contributed by atoms with van der Waals surface area (Å²) in [5, 5.41) is 19.0. The first kappa shape index (κ1) is 13.2. The van der Waals surface area contributed by atoms with E-state index in [0.29, 0.717) is 13.0 Å². The number of carboxylic acid groups (broad SMARTS) is 1. The van der Waals surface area contributed by atoms with Crippen LogP contribution in [0.15, 0.2) is 12.2 Å². The number of rotatable bonds is 7. The maximum Gasteiger partial charge on any atom is 0.327 e. The molecular formula is C10H14N2O3. The van der Waals surface area contributed by atoms with Crippen LogP contribution in [0.1, 0.15) is 25.7 Å². The van der Waals surface area contributed by atoms with Crippen molar-refractivity contribution in [2.45, 2.75) is 25.7 Å². The van der Waals surface area contributed by atoms with Crippen molar-refractivity contribution >= 4 is 11.9 Å². The van der Waals surface area contributed by atoms with Gasteiger partial charge in [-0.1, -0.05) is 6.08 Å². The highest BCUT2D eigenvalue weighted by molar-refractivity contribution is 5.79. The van der Waals surface area contributed by atoms with Gasteiger partial charge in [-0.2, -0.15) is 5.26 Å². The van der Waals surface area contributed by atoms with E-state index < -0.39 is 5.97 Å². The van der Waals surface area contributed by atoms with Crippen molar-refractivity contribution < 1.29 is 14.7 Å². The van der Waals surface area contributed by atoms with E-state index in [-0.39, 0.29) is 12.3 Å². The second-order valence-electron chi connectivity index (χ2n) is 2.92. The van der Waals surface area contributed by atoms with Crippen molar-refractivity contribution in [2.24, 2.45) is 0 Å². The Labute approximate surface area is 88.4 Å². The van der Waals surface area contributed by atoms with Gasteiger partial charge in [0.1, 0.15) is 6.42 Å². The summed E-state index contributed by atoms with van der Waals surface area (Å²) in [6.45, 7) is 0.529. The van der Waals surface area contributed by atoms with Crippen LogP contribution in [0.4, 0.5) is 0 Å². The molecule has 0 rings (SSSR count). The monoisotopic (exact) mass is 210 g/mol. The summed E-state index contributed by atoms with van der Waals surface area (Å²) < 4.78 is 0. The molecule has 0 bridgehead atoms. The normalized spacial score (nSPS) is 9.80. The minimum Gasteiger partial charge on any atom is -0.478 e. The zero-order valence-corrected chi connectivity index (χ0v) is 8.40. The summed E-state index contributed by atoms with van der Waals surface area (Å²) in [6.07, 6.45) is 4.85. The third kappa shape index (κ3) is 10.1. The molecule has 82 valence electrons. The van der Waals surface area contributed by atoms with Gasteiger partial charge in [0, 0.05) is 12.6 Å². The molecule has 0 saturated carbocycles. The first-order valence-electron chi connectivity index (χ1n) is 4.70. The quantitative estimate of drug-likeness (QED) is 0.481. The topological polar surface area (TPSA) is 90.2 Å². The fourth-order valence-corrected chi connectivity index (χ4v) is 0.933. The van der Waals surface area contributed by atoms with Crippen LogP contribution >= 0.6 is 0 Å². The van der Waals surface area contributed by atoms with Crippen molar-refractivity contribution in [3.8, 4) is 6.07 Å². The molecule has 0 aromatic heterocycles. The molecule has 15 heavy (non-hydrogen) atoms. The standard InChI is InChI=1S/C10H14N2O3/c11-7-6-9(13)12-8-4-2-1-3-5-10(14)15/h3,5H,1-2,4,6,8H2,(H,12,13)(H,14,15). The number of nitrogens with one attached hydrogen (secondary N) is 1. The molecule has 0 saturated heterocycles. The lowest BCUT2D eigenvalue weighted by atomic mass is 10.2. The van der Waals surface area contributed by atoms with Crippen molar-refractivity contribution in [2.75, 3.05) is 6.54 Å². The predicted octanol–water partition coefficient (Wildman–Crippen LogP) is 0.827. The SMILES string of the molecule is N#CCC(=O)NCCCCC=CC(=O)O. The molecule has 0 aliphatic rings. The van der Waals surface area contributed by atoms with Crippen molar-refractivity contribution in [3.63, 3.8) is 0 Å². The lowest BCUT2D eigenvalue weighted by Gasteiger charge is -2.00. The molecule has 1 amide bonds. The van der Waals surface area contributed by atoms with E-state index in [1.54, 1.807) is 12.1 Å². The van der Waals surface area contributed by atoms with Gasteiger partial charge in [-0.25, -0.2) is 4.79 Å². The lowest BCUT2D eigenvalue weighted by molar-refractivity contribution is -0.131. The molecule has 0 atom stereocenters. The Morgan fingerprint density at radius 1 is 1.40 bits per heavy atom. The van der Waals surface area contributed by atoms with Gasteiger partial charge in [-0.3, -0.25) is 4.79 Å². The van der Waals surface area contributed by atoms with Crippen LogP contribution in [0.5, 0.6) is 0 Å². The molecule has 5 heteroatoms. The summed E-state index contributed by atoms with van der Waals surface area (Å²) in [6, 6.07) is 1.75. The molecule has 0 heterocycles. The summed E-state index contributed by atoms with van der Waals surface area (Å²) in [5.41, 5.74) is 0. The number of hydrogen-bond acceptors (Lipinski definition) is 3. The fraction of sp³-hybridized carbons (Fsp3) is 0.500. The van der Waals surface area contributed by atoms with E-state index in [2.05, 4.69) is 5.32 Å². The van der Waals surface area contributed by atoms with E-state index in [4.69, 9.17) is 10.4 Å². The average molecular weight is 210 g/mol. The third-order valence-electron chi connectivity index (χ3n) is 1.62. The first-order chi connectivity index (χ1) is 7.16. The Balaban J connectivity index is 3.29. The third-order valence-corrected chi connectivity index (χ3v) is 1.62. The number of nitrogens with zero attached hydrogens (tertiary/aromatic N) is 1. The highest BCUT2D eigenvalue weighted by atomic mass is 16.4. The summed E-state index contributed by atoms with van der Waals surface area (Å²) >= 11 is 0. The molecule has 0 spiro atoms. The van der Waals surface area contributed by atoms with Gasteiger partial charge in [-0.15, -0.1) is 0 Å². The Morgan fingerprint density at radius 2 is 2.13 bits per heavy atom. The molecule has 5 nitrogen and oxygen atoms in total. The number of hydrogen-bond donors (Lipinski definition) is 2. The van der Waals surface area contributed by atoms with Gasteiger partial charge in [0.05, 0.1) is 6.07 Å². The van der Waals surface area contributed by atoms with E-state index in [0.717, 1.165) is 18.9 Å². The molecule has 0 aliphatic carbocycles. The van der Waals surface area contributed by atoms with Crippen LogP contribution in [-0.4, -0.2) is 23.5 Å².